The number of carbonyl (C=O) groups excluding carboxylic acids is 2. The Morgan fingerprint density at radius 1 is 1.26 bits per heavy atom. The van der Waals surface area contributed by atoms with Crippen molar-refractivity contribution in [1.82, 2.24) is 0 Å². The number of nitrogens with one attached hydrogen (secondary N) is 1. The van der Waals surface area contributed by atoms with E-state index in [0.29, 0.717) is 19.6 Å². The van der Waals surface area contributed by atoms with Crippen molar-refractivity contribution in [2.45, 2.75) is 57.9 Å². The number of ether oxygens (including phenoxy) is 1. The van der Waals surface area contributed by atoms with Crippen molar-refractivity contribution >= 4 is 12.0 Å². The number of nitrogens with two attached hydrogens (primary N) is 2. The fourth-order valence-corrected chi connectivity index (χ4v) is 1.44. The lowest BCUT2D eigenvalue weighted by Gasteiger charge is -2.10. The van der Waals surface area contributed by atoms with E-state index in [1.54, 1.807) is 0 Å². The minimum atomic E-state index is -0.474. The van der Waals surface area contributed by atoms with Gasteiger partial charge in [0.25, 0.3) is 0 Å². The maximum Gasteiger partial charge on any atom is 0.322 e. The van der Waals surface area contributed by atoms with Crippen LogP contribution in [0.3, 0.4) is 0 Å². The zero-order valence-electron chi connectivity index (χ0n) is 11.8. The largest absolute Gasteiger partial charge is 0.465 e. The zero-order chi connectivity index (χ0) is 14.9. The third-order valence-electron chi connectivity index (χ3n) is 2.51. The van der Waals surface area contributed by atoms with Crippen LogP contribution in [-0.2, 0) is 14.3 Å². The van der Waals surface area contributed by atoms with E-state index in [9.17, 15) is 4.79 Å². The lowest BCUT2D eigenvalue weighted by Crippen LogP contribution is -2.32. The summed E-state index contributed by atoms with van der Waals surface area (Å²) in [4.78, 5) is 19.7. The molecule has 6 heteroatoms. The van der Waals surface area contributed by atoms with Gasteiger partial charge in [-0.05, 0) is 25.8 Å². The van der Waals surface area contributed by atoms with Gasteiger partial charge in [0, 0.05) is 0 Å². The van der Waals surface area contributed by atoms with Crippen LogP contribution in [0.15, 0.2) is 0 Å². The molecule has 0 radical (unpaired) electrons. The number of esters is 1. The topological polar surface area (TPSA) is 119 Å². The standard InChI is InChI=1S/C12H26N2O2.CHNO/c1-2-3-4-7-10-16-12(15)11(14)8-5-6-9-13;2-1-3/h11H,2-10,13-14H2,1H3;2H/t11-;/m0./s1. The predicted molar refractivity (Wildman–Crippen MR) is 74.4 cm³/mol. The van der Waals surface area contributed by atoms with Gasteiger partial charge in [-0.3, -0.25) is 4.79 Å². The van der Waals surface area contributed by atoms with Gasteiger partial charge >= 0.3 is 5.97 Å². The van der Waals surface area contributed by atoms with Crippen LogP contribution in [0.25, 0.3) is 0 Å². The van der Waals surface area contributed by atoms with Gasteiger partial charge in [-0.2, -0.15) is 0 Å². The van der Waals surface area contributed by atoms with E-state index in [-0.39, 0.29) is 5.97 Å². The van der Waals surface area contributed by atoms with Crippen LogP contribution in [0.1, 0.15) is 51.9 Å². The van der Waals surface area contributed by atoms with Gasteiger partial charge in [0.2, 0.25) is 6.08 Å². The van der Waals surface area contributed by atoms with Crippen LogP contribution in [0.5, 0.6) is 0 Å². The quantitative estimate of drug-likeness (QED) is 0.241. The second-order valence-electron chi connectivity index (χ2n) is 4.22. The molecular formula is C13H27N3O3. The Bertz CT molecular complexity index is 241. The molecule has 0 aromatic rings. The number of hydrogen-bond donors (Lipinski definition) is 3. The molecule has 0 fully saturated rings. The summed E-state index contributed by atoms with van der Waals surface area (Å²) in [7, 11) is 0. The smallest absolute Gasteiger partial charge is 0.322 e. The lowest BCUT2D eigenvalue weighted by atomic mass is 10.1. The molecule has 0 spiro atoms. The van der Waals surface area contributed by atoms with E-state index < -0.39 is 6.04 Å². The predicted octanol–water partition coefficient (Wildman–Crippen LogP) is 1.47. The molecular weight excluding hydrogens is 246 g/mol. The van der Waals surface area contributed by atoms with Gasteiger partial charge in [0.05, 0.1) is 6.61 Å². The first-order chi connectivity index (χ1) is 9.13. The molecule has 0 heterocycles. The second kappa shape index (κ2) is 16.8. The Kier molecular flexibility index (Phi) is 17.7. The molecule has 1 atom stereocenters. The average Bonchev–Trinajstić information content (AvgIpc) is 2.39. The average molecular weight is 273 g/mol. The molecule has 0 aliphatic carbocycles. The maximum absolute atomic E-state index is 11.4. The van der Waals surface area contributed by atoms with E-state index in [2.05, 4.69) is 6.92 Å². The van der Waals surface area contributed by atoms with E-state index in [1.165, 1.54) is 12.8 Å². The molecule has 0 saturated heterocycles. The monoisotopic (exact) mass is 273 g/mol. The third-order valence-corrected chi connectivity index (χ3v) is 2.51. The van der Waals surface area contributed by atoms with Crippen molar-refractivity contribution in [1.29, 1.82) is 5.41 Å². The van der Waals surface area contributed by atoms with E-state index >= 15 is 0 Å². The van der Waals surface area contributed by atoms with Crippen LogP contribution in [0.4, 0.5) is 0 Å². The molecule has 6 nitrogen and oxygen atoms in total. The first-order valence-corrected chi connectivity index (χ1v) is 6.80. The van der Waals surface area contributed by atoms with Crippen LogP contribution < -0.4 is 11.5 Å². The Labute approximate surface area is 115 Å². The fourth-order valence-electron chi connectivity index (χ4n) is 1.44. The van der Waals surface area contributed by atoms with Crippen molar-refractivity contribution in [3.63, 3.8) is 0 Å². The van der Waals surface area contributed by atoms with Gasteiger partial charge in [0.15, 0.2) is 0 Å². The Balaban J connectivity index is 0. The molecule has 0 aromatic carbocycles. The van der Waals surface area contributed by atoms with Gasteiger partial charge in [-0.25, -0.2) is 10.2 Å². The van der Waals surface area contributed by atoms with Crippen LogP contribution in [-0.4, -0.2) is 31.2 Å². The van der Waals surface area contributed by atoms with Crippen molar-refractivity contribution < 1.29 is 14.3 Å². The number of isocyanates is 1. The number of unbranched alkanes of at least 4 members (excludes halogenated alkanes) is 4. The molecule has 0 amide bonds. The van der Waals surface area contributed by atoms with Crippen molar-refractivity contribution in [3.05, 3.63) is 0 Å². The summed E-state index contributed by atoms with van der Waals surface area (Å²) in [6, 6.07) is -0.474. The van der Waals surface area contributed by atoms with Gasteiger partial charge < -0.3 is 16.2 Å². The highest BCUT2D eigenvalue weighted by Gasteiger charge is 2.13. The van der Waals surface area contributed by atoms with Crippen molar-refractivity contribution in [2.24, 2.45) is 11.5 Å². The summed E-state index contributed by atoms with van der Waals surface area (Å²) in [6.07, 6.45) is 7.67. The molecule has 0 aromatic heterocycles. The Hall–Kier alpha value is -1.23. The SMILES string of the molecule is CCCCCCOC(=O)[C@@H](N)CCCCN.N=C=O. The van der Waals surface area contributed by atoms with Gasteiger partial charge in [-0.15, -0.1) is 0 Å². The molecule has 0 rings (SSSR count). The minimum absolute atomic E-state index is 0.270. The fraction of sp³-hybridized carbons (Fsp3) is 0.846. The number of hydrogen-bond acceptors (Lipinski definition) is 6. The molecule has 112 valence electrons. The summed E-state index contributed by atoms with van der Waals surface area (Å²) >= 11 is 0. The van der Waals surface area contributed by atoms with Gasteiger partial charge in [-0.1, -0.05) is 32.6 Å². The molecule has 5 N–H and O–H groups in total. The van der Waals surface area contributed by atoms with E-state index in [0.717, 1.165) is 31.8 Å². The van der Waals surface area contributed by atoms with Crippen LogP contribution >= 0.6 is 0 Å². The Morgan fingerprint density at radius 2 is 1.89 bits per heavy atom. The van der Waals surface area contributed by atoms with Crippen molar-refractivity contribution in [3.8, 4) is 0 Å². The lowest BCUT2D eigenvalue weighted by molar-refractivity contribution is -0.145. The van der Waals surface area contributed by atoms with E-state index in [1.807, 2.05) is 0 Å². The first-order valence-electron chi connectivity index (χ1n) is 6.80. The van der Waals surface area contributed by atoms with Crippen LogP contribution in [0, 0.1) is 5.41 Å². The minimum Gasteiger partial charge on any atom is -0.465 e. The highest BCUT2D eigenvalue weighted by molar-refractivity contribution is 5.75. The van der Waals surface area contributed by atoms with Gasteiger partial charge in [0.1, 0.15) is 6.04 Å². The highest BCUT2D eigenvalue weighted by atomic mass is 16.5. The van der Waals surface area contributed by atoms with Crippen molar-refractivity contribution in [2.75, 3.05) is 13.2 Å². The molecule has 0 bridgehead atoms. The van der Waals surface area contributed by atoms with E-state index in [4.69, 9.17) is 26.4 Å². The zero-order valence-corrected chi connectivity index (χ0v) is 11.8. The first kappa shape index (κ1) is 20.1. The summed E-state index contributed by atoms with van der Waals surface area (Å²) in [5, 5.41) is 5.40. The highest BCUT2D eigenvalue weighted by Crippen LogP contribution is 2.02. The summed E-state index contributed by atoms with van der Waals surface area (Å²) < 4.78 is 5.09. The summed E-state index contributed by atoms with van der Waals surface area (Å²) in [5.41, 5.74) is 11.0. The number of carbonyl (C=O) groups is 1. The summed E-state index contributed by atoms with van der Waals surface area (Å²) in [6.45, 7) is 3.31. The molecule has 19 heavy (non-hydrogen) atoms. The van der Waals surface area contributed by atoms with Crippen LogP contribution in [0.2, 0.25) is 0 Å². The molecule has 0 saturated carbocycles. The third kappa shape index (κ3) is 16.8. The summed E-state index contributed by atoms with van der Waals surface area (Å²) in [5.74, 6) is -0.270. The maximum atomic E-state index is 11.4. The molecule has 0 unspecified atom stereocenters. The molecule has 0 aliphatic heterocycles. The number of rotatable bonds is 10. The normalized spacial score (nSPS) is 10.9. The molecule has 0 aliphatic rings. The Morgan fingerprint density at radius 3 is 2.42 bits per heavy atom. The second-order valence-corrected chi connectivity index (χ2v) is 4.22.